The van der Waals surface area contributed by atoms with E-state index in [1.165, 1.54) is 4.90 Å². The number of imide groups is 1. The van der Waals surface area contributed by atoms with E-state index in [4.69, 9.17) is 11.5 Å². The molecule has 270 valence electrons. The summed E-state index contributed by atoms with van der Waals surface area (Å²) >= 11 is 0. The molecule has 2 aromatic heterocycles. The van der Waals surface area contributed by atoms with Crippen molar-refractivity contribution in [3.63, 3.8) is 0 Å². The molecule has 0 aliphatic heterocycles. The molecule has 6 N–H and O–H groups in total. The molecule has 0 unspecified atom stereocenters. The third kappa shape index (κ3) is 9.48. The average molecular weight is 695 g/mol. The summed E-state index contributed by atoms with van der Waals surface area (Å²) < 4.78 is 0. The van der Waals surface area contributed by atoms with Crippen molar-refractivity contribution in [2.75, 3.05) is 37.6 Å². The van der Waals surface area contributed by atoms with Crippen LogP contribution in [0.5, 0.6) is 0 Å². The number of carbonyl (C=O) groups excluding carboxylic acids is 3. The number of hydrogen-bond acceptors (Lipinski definition) is 10. The number of rotatable bonds is 15. The Labute approximate surface area is 299 Å². The maximum atomic E-state index is 14.0. The number of anilines is 1. The second-order valence-electron chi connectivity index (χ2n) is 13.2. The molecule has 4 aromatic rings. The molecule has 2 heterocycles. The van der Waals surface area contributed by atoms with Crippen LogP contribution < -0.4 is 21.7 Å². The highest BCUT2D eigenvalue weighted by Gasteiger charge is 2.35. The van der Waals surface area contributed by atoms with E-state index in [0.29, 0.717) is 54.6 Å². The van der Waals surface area contributed by atoms with Gasteiger partial charge in [0.15, 0.2) is 0 Å². The van der Waals surface area contributed by atoms with Crippen LogP contribution in [-0.2, 0) is 16.0 Å². The van der Waals surface area contributed by atoms with Gasteiger partial charge in [-0.3, -0.25) is 14.4 Å². The molecule has 0 spiro atoms. The molecule has 13 nitrogen and oxygen atoms in total. The van der Waals surface area contributed by atoms with Crippen molar-refractivity contribution in [1.29, 1.82) is 0 Å². The van der Waals surface area contributed by atoms with Gasteiger partial charge in [0.05, 0.1) is 11.7 Å². The Balaban J connectivity index is 1.25. The minimum absolute atomic E-state index is 0.183. The lowest BCUT2D eigenvalue weighted by Gasteiger charge is -2.32. The fraction of sp³-hybridized carbons (Fsp3) is 0.447. The van der Waals surface area contributed by atoms with Crippen LogP contribution in [0.1, 0.15) is 67.7 Å². The SMILES string of the molecule is CCN(CC)CCCNC(=O)c1ccc(-c2ccc(C[C@H](N)C(=O)N(C(=O)C3CCC(CN)CC3)c3ccc(-c4nn[nH]n4)cc3)cc2)c(C)n1. The zero-order valence-electron chi connectivity index (χ0n) is 29.8. The molecule has 1 atom stereocenters. The summed E-state index contributed by atoms with van der Waals surface area (Å²) in [7, 11) is 0. The summed E-state index contributed by atoms with van der Waals surface area (Å²) in [6, 6.07) is 17.4. The molecule has 1 aliphatic carbocycles. The summed E-state index contributed by atoms with van der Waals surface area (Å²) in [6.45, 7) is 10.3. The first-order valence-electron chi connectivity index (χ1n) is 18.0. The molecule has 3 amide bonds. The van der Waals surface area contributed by atoms with Crippen molar-refractivity contribution < 1.29 is 14.4 Å². The van der Waals surface area contributed by atoms with Crippen LogP contribution in [0.15, 0.2) is 60.7 Å². The third-order valence-electron chi connectivity index (χ3n) is 9.89. The second kappa shape index (κ2) is 17.9. The van der Waals surface area contributed by atoms with Crippen molar-refractivity contribution >= 4 is 23.4 Å². The lowest BCUT2D eigenvalue weighted by molar-refractivity contribution is -0.130. The maximum absolute atomic E-state index is 14.0. The molecule has 0 bridgehead atoms. The normalized spacial score (nSPS) is 16.5. The number of pyridine rings is 1. The van der Waals surface area contributed by atoms with E-state index in [1.54, 1.807) is 30.3 Å². The zero-order valence-corrected chi connectivity index (χ0v) is 29.8. The van der Waals surface area contributed by atoms with Crippen LogP contribution in [0.2, 0.25) is 0 Å². The van der Waals surface area contributed by atoms with Crippen molar-refractivity contribution in [3.8, 4) is 22.5 Å². The molecule has 1 aliphatic rings. The number of aromatic amines is 1. The summed E-state index contributed by atoms with van der Waals surface area (Å²) in [5.74, 6) is -0.362. The van der Waals surface area contributed by atoms with E-state index in [0.717, 1.165) is 61.3 Å². The predicted octanol–water partition coefficient (Wildman–Crippen LogP) is 3.89. The topological polar surface area (TPSA) is 189 Å². The van der Waals surface area contributed by atoms with Gasteiger partial charge in [-0.25, -0.2) is 9.88 Å². The molecule has 1 fully saturated rings. The van der Waals surface area contributed by atoms with E-state index < -0.39 is 11.9 Å². The molecule has 51 heavy (non-hydrogen) atoms. The first kappa shape index (κ1) is 37.4. The Morgan fingerprint density at radius 3 is 2.24 bits per heavy atom. The Morgan fingerprint density at radius 2 is 1.63 bits per heavy atom. The van der Waals surface area contributed by atoms with Crippen LogP contribution in [0.4, 0.5) is 5.69 Å². The van der Waals surface area contributed by atoms with Crippen molar-refractivity contribution in [2.45, 2.75) is 65.3 Å². The number of aromatic nitrogens is 5. The Morgan fingerprint density at radius 1 is 0.941 bits per heavy atom. The van der Waals surface area contributed by atoms with Gasteiger partial charge in [0.25, 0.3) is 11.8 Å². The monoisotopic (exact) mass is 694 g/mol. The smallest absolute Gasteiger partial charge is 0.269 e. The summed E-state index contributed by atoms with van der Waals surface area (Å²) in [4.78, 5) is 48.9. The number of H-pyrrole nitrogens is 1. The largest absolute Gasteiger partial charge is 0.351 e. The average Bonchev–Trinajstić information content (AvgIpc) is 3.71. The van der Waals surface area contributed by atoms with Gasteiger partial charge < -0.3 is 21.7 Å². The second-order valence-corrected chi connectivity index (χ2v) is 13.2. The zero-order chi connectivity index (χ0) is 36.3. The number of nitrogens with two attached hydrogens (primary N) is 2. The lowest BCUT2D eigenvalue weighted by atomic mass is 9.81. The Hall–Kier alpha value is -4.85. The van der Waals surface area contributed by atoms with Crippen LogP contribution in [0.3, 0.4) is 0 Å². The number of carbonyl (C=O) groups is 3. The molecule has 1 saturated carbocycles. The Bertz CT molecular complexity index is 1730. The number of nitrogens with zero attached hydrogens (tertiary/aromatic N) is 6. The lowest BCUT2D eigenvalue weighted by Crippen LogP contribution is -2.50. The first-order valence-corrected chi connectivity index (χ1v) is 18.0. The minimum Gasteiger partial charge on any atom is -0.351 e. The molecule has 0 radical (unpaired) electrons. The minimum atomic E-state index is -0.953. The van der Waals surface area contributed by atoms with E-state index >= 15 is 0 Å². The number of nitrogens with one attached hydrogen (secondary N) is 2. The van der Waals surface area contributed by atoms with E-state index in [-0.39, 0.29) is 24.2 Å². The first-order chi connectivity index (χ1) is 24.7. The van der Waals surface area contributed by atoms with Crippen LogP contribution in [-0.4, -0.2) is 87.0 Å². The van der Waals surface area contributed by atoms with Crippen molar-refractivity contribution in [3.05, 3.63) is 77.6 Å². The molecule has 5 rings (SSSR count). The van der Waals surface area contributed by atoms with E-state index in [1.807, 2.05) is 37.3 Å². The molecule has 2 aromatic carbocycles. The summed E-state index contributed by atoms with van der Waals surface area (Å²) in [6.07, 6.45) is 4.19. The van der Waals surface area contributed by atoms with Gasteiger partial charge in [0.1, 0.15) is 5.69 Å². The van der Waals surface area contributed by atoms with Gasteiger partial charge in [0.2, 0.25) is 11.7 Å². The van der Waals surface area contributed by atoms with E-state index in [9.17, 15) is 14.4 Å². The van der Waals surface area contributed by atoms with Crippen LogP contribution in [0.25, 0.3) is 22.5 Å². The van der Waals surface area contributed by atoms with Crippen LogP contribution in [0, 0.1) is 18.8 Å². The van der Waals surface area contributed by atoms with Gasteiger partial charge in [0, 0.05) is 29.3 Å². The fourth-order valence-electron chi connectivity index (χ4n) is 6.69. The third-order valence-corrected chi connectivity index (χ3v) is 9.89. The van der Waals surface area contributed by atoms with Crippen LogP contribution >= 0.6 is 0 Å². The highest BCUT2D eigenvalue weighted by molar-refractivity contribution is 6.17. The molecule has 13 heteroatoms. The quantitative estimate of drug-likeness (QED) is 0.133. The number of hydrogen-bond donors (Lipinski definition) is 4. The van der Waals surface area contributed by atoms with Gasteiger partial charge in [-0.2, -0.15) is 5.21 Å². The van der Waals surface area contributed by atoms with Gasteiger partial charge in [-0.15, -0.1) is 10.2 Å². The van der Waals surface area contributed by atoms with Crippen molar-refractivity contribution in [1.82, 2.24) is 35.8 Å². The molecular weight excluding hydrogens is 644 g/mol. The van der Waals surface area contributed by atoms with Gasteiger partial charge in [-0.05, 0) is 124 Å². The highest BCUT2D eigenvalue weighted by Crippen LogP contribution is 2.32. The molecule has 0 saturated heterocycles. The maximum Gasteiger partial charge on any atom is 0.269 e. The van der Waals surface area contributed by atoms with E-state index in [2.05, 4.69) is 49.7 Å². The predicted molar refractivity (Wildman–Crippen MR) is 197 cm³/mol. The van der Waals surface area contributed by atoms with Crippen molar-refractivity contribution in [2.24, 2.45) is 23.3 Å². The molecular formula is C38H50N10O3. The Kier molecular flexibility index (Phi) is 13.1. The van der Waals surface area contributed by atoms with Gasteiger partial charge >= 0.3 is 0 Å². The fourth-order valence-corrected chi connectivity index (χ4v) is 6.69. The standard InChI is InChI=1S/C38H50N10O3/c1-4-47(5-2)22-6-21-41-36(49)34-20-19-32(25(3)42-34)28-11-7-26(8-12-28)23-33(40)38(51)48(37(50)30-13-9-27(24-39)10-14-30)31-17-15-29(16-18-31)35-43-45-46-44-35/h7-8,11-12,15-20,27,30,33H,4-6,9-10,13-14,21-24,39-40H2,1-3H3,(H,41,49)(H,43,44,45,46)/t27?,30?,33-/m0/s1. The summed E-state index contributed by atoms with van der Waals surface area (Å²) in [5, 5.41) is 17.0. The van der Waals surface area contributed by atoms with Gasteiger partial charge in [-0.1, -0.05) is 44.2 Å². The number of tetrazole rings is 1. The highest BCUT2D eigenvalue weighted by atomic mass is 16.2. The summed E-state index contributed by atoms with van der Waals surface area (Å²) in [5.41, 5.74) is 17.4. The number of aryl methyl sites for hydroxylation is 1. The number of benzene rings is 2. The number of amides is 3.